The van der Waals surface area contributed by atoms with Crippen molar-refractivity contribution >= 4 is 12.1 Å². The van der Waals surface area contributed by atoms with Crippen molar-refractivity contribution in [2.24, 2.45) is 0 Å². The maximum Gasteiger partial charge on any atom is 0.505 e. The molecule has 0 saturated heterocycles. The maximum absolute atomic E-state index is 11.1. The molecule has 1 aliphatic rings. The molecule has 1 rings (SSSR count). The van der Waals surface area contributed by atoms with E-state index in [9.17, 15) is 9.59 Å². The molecule has 0 unspecified atom stereocenters. The standard InChI is InChI=1S/C10H16O2.C6H12O3/c1-8(2)10(11)12-9-6-4-3-5-7-9;1-2-3-4-5-9-6(7)8/h9H,1,3-7H2,2H3;2-5H2,1H3,(H,7,8). The Morgan fingerprint density at radius 1 is 1.19 bits per heavy atom. The molecule has 0 aliphatic heterocycles. The molecule has 0 aromatic carbocycles. The van der Waals surface area contributed by atoms with E-state index in [4.69, 9.17) is 9.84 Å². The summed E-state index contributed by atoms with van der Waals surface area (Å²) in [6, 6.07) is 0. The van der Waals surface area contributed by atoms with Crippen LogP contribution in [0, 0.1) is 0 Å². The lowest BCUT2D eigenvalue weighted by Gasteiger charge is -2.21. The van der Waals surface area contributed by atoms with Gasteiger partial charge in [-0.05, 0) is 39.0 Å². The van der Waals surface area contributed by atoms with Gasteiger partial charge in [0, 0.05) is 5.57 Å². The zero-order chi connectivity index (χ0) is 16.1. The highest BCUT2D eigenvalue weighted by Gasteiger charge is 2.17. The minimum atomic E-state index is -1.17. The second-order valence-corrected chi connectivity index (χ2v) is 5.27. The molecule has 0 radical (unpaired) electrons. The average molecular weight is 300 g/mol. The van der Waals surface area contributed by atoms with Gasteiger partial charge in [-0.3, -0.25) is 0 Å². The minimum Gasteiger partial charge on any atom is -0.459 e. The highest BCUT2D eigenvalue weighted by molar-refractivity contribution is 5.87. The van der Waals surface area contributed by atoms with Crippen molar-refractivity contribution in [3.8, 4) is 0 Å². The number of hydrogen-bond acceptors (Lipinski definition) is 4. The molecule has 1 fully saturated rings. The molecule has 5 heteroatoms. The zero-order valence-electron chi connectivity index (χ0n) is 13.2. The average Bonchev–Trinajstić information content (AvgIpc) is 2.45. The van der Waals surface area contributed by atoms with Gasteiger partial charge in [-0.25, -0.2) is 9.59 Å². The fourth-order valence-corrected chi connectivity index (χ4v) is 1.95. The summed E-state index contributed by atoms with van der Waals surface area (Å²) in [5, 5.41) is 7.99. The molecule has 1 aliphatic carbocycles. The summed E-state index contributed by atoms with van der Waals surface area (Å²) in [5.41, 5.74) is 0.501. The molecule has 1 N–H and O–H groups in total. The zero-order valence-corrected chi connectivity index (χ0v) is 13.2. The predicted molar refractivity (Wildman–Crippen MR) is 81.3 cm³/mol. The summed E-state index contributed by atoms with van der Waals surface area (Å²) in [6.07, 6.45) is 7.65. The Balaban J connectivity index is 0.000000400. The first-order valence-corrected chi connectivity index (χ1v) is 7.69. The molecule has 0 aromatic heterocycles. The summed E-state index contributed by atoms with van der Waals surface area (Å²) in [6.45, 7) is 7.62. The number of ether oxygens (including phenoxy) is 2. The van der Waals surface area contributed by atoms with Crippen LogP contribution in [-0.4, -0.2) is 29.9 Å². The lowest BCUT2D eigenvalue weighted by Crippen LogP contribution is -2.20. The highest BCUT2D eigenvalue weighted by atomic mass is 16.7. The second-order valence-electron chi connectivity index (χ2n) is 5.27. The summed E-state index contributed by atoms with van der Waals surface area (Å²) < 4.78 is 9.47. The Bertz CT molecular complexity index is 319. The van der Waals surface area contributed by atoms with Crippen LogP contribution in [0.2, 0.25) is 0 Å². The molecule has 5 nitrogen and oxygen atoms in total. The van der Waals surface area contributed by atoms with Crippen LogP contribution in [-0.2, 0) is 14.3 Å². The molecule has 1 saturated carbocycles. The van der Waals surface area contributed by atoms with Crippen molar-refractivity contribution in [2.45, 2.75) is 71.3 Å². The normalized spacial score (nSPS) is 14.6. The van der Waals surface area contributed by atoms with Crippen molar-refractivity contribution in [3.05, 3.63) is 12.2 Å². The van der Waals surface area contributed by atoms with Crippen LogP contribution >= 0.6 is 0 Å². The Labute approximate surface area is 127 Å². The third kappa shape index (κ3) is 12.0. The van der Waals surface area contributed by atoms with E-state index in [1.165, 1.54) is 19.3 Å². The fraction of sp³-hybridized carbons (Fsp3) is 0.750. The van der Waals surface area contributed by atoms with Crippen LogP contribution in [0.5, 0.6) is 0 Å². The van der Waals surface area contributed by atoms with Gasteiger partial charge in [0.05, 0.1) is 6.61 Å². The first kappa shape index (κ1) is 19.5. The monoisotopic (exact) mass is 300 g/mol. The van der Waals surface area contributed by atoms with Crippen molar-refractivity contribution in [1.82, 2.24) is 0 Å². The largest absolute Gasteiger partial charge is 0.505 e. The van der Waals surface area contributed by atoms with E-state index in [2.05, 4.69) is 18.2 Å². The van der Waals surface area contributed by atoms with Crippen molar-refractivity contribution in [1.29, 1.82) is 0 Å². The number of carbonyl (C=O) groups is 2. The number of esters is 1. The molecule has 0 bridgehead atoms. The van der Waals surface area contributed by atoms with E-state index < -0.39 is 6.16 Å². The van der Waals surface area contributed by atoms with Crippen LogP contribution in [0.25, 0.3) is 0 Å². The van der Waals surface area contributed by atoms with E-state index in [-0.39, 0.29) is 12.1 Å². The van der Waals surface area contributed by atoms with Gasteiger partial charge < -0.3 is 14.6 Å². The first-order chi connectivity index (χ1) is 9.97. The van der Waals surface area contributed by atoms with E-state index in [1.807, 2.05) is 0 Å². The summed E-state index contributed by atoms with van der Waals surface area (Å²) in [5.74, 6) is -0.234. The maximum atomic E-state index is 11.1. The van der Waals surface area contributed by atoms with E-state index in [0.29, 0.717) is 12.2 Å². The molecular weight excluding hydrogens is 272 g/mol. The fourth-order valence-electron chi connectivity index (χ4n) is 1.95. The van der Waals surface area contributed by atoms with Gasteiger partial charge in [0.2, 0.25) is 0 Å². The third-order valence-corrected chi connectivity index (χ3v) is 3.15. The second kappa shape index (κ2) is 12.2. The number of rotatable bonds is 6. The minimum absolute atomic E-state index is 0.156. The quantitative estimate of drug-likeness (QED) is 0.449. The summed E-state index contributed by atoms with van der Waals surface area (Å²) in [4.78, 5) is 20.8. The molecule has 0 atom stereocenters. The van der Waals surface area contributed by atoms with Crippen LogP contribution in [0.3, 0.4) is 0 Å². The van der Waals surface area contributed by atoms with E-state index in [1.54, 1.807) is 6.92 Å². The highest BCUT2D eigenvalue weighted by Crippen LogP contribution is 2.20. The van der Waals surface area contributed by atoms with Crippen LogP contribution in [0.15, 0.2) is 12.2 Å². The first-order valence-electron chi connectivity index (χ1n) is 7.69. The number of carbonyl (C=O) groups excluding carboxylic acids is 1. The lowest BCUT2D eigenvalue weighted by molar-refractivity contribution is -0.145. The topological polar surface area (TPSA) is 72.8 Å². The molecule has 0 amide bonds. The Morgan fingerprint density at radius 3 is 2.29 bits per heavy atom. The molecule has 122 valence electrons. The van der Waals surface area contributed by atoms with Gasteiger partial charge in [-0.2, -0.15) is 0 Å². The summed E-state index contributed by atoms with van der Waals surface area (Å²) >= 11 is 0. The molecule has 21 heavy (non-hydrogen) atoms. The predicted octanol–water partition coefficient (Wildman–Crippen LogP) is 4.31. The SMILES string of the molecule is C=C(C)C(=O)OC1CCCCC1.CCCCCOC(=O)O. The molecule has 0 aromatic rings. The number of unbranched alkanes of at least 4 members (excludes halogenated alkanes) is 2. The van der Waals surface area contributed by atoms with E-state index in [0.717, 1.165) is 32.1 Å². The van der Waals surface area contributed by atoms with Gasteiger partial charge in [0.25, 0.3) is 0 Å². The van der Waals surface area contributed by atoms with Gasteiger partial charge in [-0.1, -0.05) is 32.8 Å². The van der Waals surface area contributed by atoms with Crippen LogP contribution in [0.4, 0.5) is 4.79 Å². The van der Waals surface area contributed by atoms with Gasteiger partial charge in [0.1, 0.15) is 6.10 Å². The number of carboxylic acid groups (broad SMARTS) is 1. The summed E-state index contributed by atoms with van der Waals surface area (Å²) in [7, 11) is 0. The molecular formula is C16H28O5. The Kier molecular flexibility index (Phi) is 11.4. The third-order valence-electron chi connectivity index (χ3n) is 3.15. The molecule has 0 spiro atoms. The van der Waals surface area contributed by atoms with Crippen LogP contribution in [0.1, 0.15) is 65.2 Å². The van der Waals surface area contributed by atoms with Crippen molar-refractivity contribution in [2.75, 3.05) is 6.61 Å². The lowest BCUT2D eigenvalue weighted by atomic mass is 9.98. The van der Waals surface area contributed by atoms with Crippen LogP contribution < -0.4 is 0 Å². The van der Waals surface area contributed by atoms with Crippen molar-refractivity contribution in [3.63, 3.8) is 0 Å². The van der Waals surface area contributed by atoms with Crippen molar-refractivity contribution < 1.29 is 24.2 Å². The number of hydrogen-bond donors (Lipinski definition) is 1. The smallest absolute Gasteiger partial charge is 0.459 e. The van der Waals surface area contributed by atoms with E-state index >= 15 is 0 Å². The van der Waals surface area contributed by atoms with Gasteiger partial charge in [-0.15, -0.1) is 0 Å². The van der Waals surface area contributed by atoms with Gasteiger partial charge in [0.15, 0.2) is 0 Å². The Hall–Kier alpha value is -1.52. The Morgan fingerprint density at radius 2 is 1.81 bits per heavy atom. The van der Waals surface area contributed by atoms with Gasteiger partial charge >= 0.3 is 12.1 Å². The molecule has 0 heterocycles.